The summed E-state index contributed by atoms with van der Waals surface area (Å²) in [7, 11) is 0. The van der Waals surface area contributed by atoms with Gasteiger partial charge >= 0.3 is 6.61 Å². The Morgan fingerprint density at radius 1 is 1.26 bits per heavy atom. The number of anilines is 2. The number of aromatic nitrogens is 6. The third kappa shape index (κ3) is 4.13. The van der Waals surface area contributed by atoms with Crippen LogP contribution in [0.4, 0.5) is 20.4 Å². The Hall–Kier alpha value is -2.82. The van der Waals surface area contributed by atoms with E-state index in [1.54, 1.807) is 6.20 Å². The molecule has 3 heterocycles. The van der Waals surface area contributed by atoms with Gasteiger partial charge in [0.15, 0.2) is 17.3 Å². The van der Waals surface area contributed by atoms with Crippen molar-refractivity contribution in [2.75, 3.05) is 5.32 Å². The molecule has 27 heavy (non-hydrogen) atoms. The van der Waals surface area contributed by atoms with Gasteiger partial charge < -0.3 is 15.2 Å². The van der Waals surface area contributed by atoms with E-state index in [4.69, 9.17) is 0 Å². The molecule has 1 saturated carbocycles. The number of hydrogen-bond donors (Lipinski definition) is 3. The van der Waals surface area contributed by atoms with Crippen molar-refractivity contribution in [2.24, 2.45) is 5.92 Å². The number of hydrogen-bond acceptors (Lipinski definition) is 7. The van der Waals surface area contributed by atoms with Gasteiger partial charge in [-0.2, -0.15) is 19.0 Å². The summed E-state index contributed by atoms with van der Waals surface area (Å²) in [6, 6.07) is 1.31. The predicted octanol–water partition coefficient (Wildman–Crippen LogP) is 2.45. The van der Waals surface area contributed by atoms with E-state index >= 15 is 0 Å². The number of aliphatic hydroxyl groups is 1. The van der Waals surface area contributed by atoms with E-state index < -0.39 is 6.61 Å². The van der Waals surface area contributed by atoms with Gasteiger partial charge in [0.1, 0.15) is 5.52 Å². The summed E-state index contributed by atoms with van der Waals surface area (Å²) < 4.78 is 30.5. The molecule has 0 bridgehead atoms. The van der Waals surface area contributed by atoms with E-state index in [1.807, 2.05) is 4.68 Å². The van der Waals surface area contributed by atoms with Crippen LogP contribution in [0.3, 0.4) is 0 Å². The minimum absolute atomic E-state index is 0.147. The van der Waals surface area contributed by atoms with Crippen LogP contribution in [-0.2, 0) is 6.54 Å². The highest BCUT2D eigenvalue weighted by molar-refractivity contribution is 5.71. The molecule has 1 aliphatic carbocycles. The molecule has 0 amide bonds. The van der Waals surface area contributed by atoms with Gasteiger partial charge in [-0.05, 0) is 31.6 Å². The lowest BCUT2D eigenvalue weighted by atomic mass is 9.87. The second-order valence-electron chi connectivity index (χ2n) is 6.59. The van der Waals surface area contributed by atoms with Gasteiger partial charge in [0.25, 0.3) is 0 Å². The fourth-order valence-corrected chi connectivity index (χ4v) is 3.27. The molecule has 0 aliphatic heterocycles. The molecular weight excluding hydrogens is 360 g/mol. The van der Waals surface area contributed by atoms with Crippen molar-refractivity contribution >= 4 is 22.8 Å². The molecule has 0 unspecified atom stereocenters. The van der Waals surface area contributed by atoms with Gasteiger partial charge in [-0.15, -0.1) is 0 Å². The molecule has 1 aliphatic rings. The summed E-state index contributed by atoms with van der Waals surface area (Å²) in [6.07, 6.45) is 6.51. The largest absolute Gasteiger partial charge is 0.417 e. The van der Waals surface area contributed by atoms with Crippen molar-refractivity contribution in [1.82, 2.24) is 29.9 Å². The molecule has 0 aromatic carbocycles. The normalized spacial score (nSPS) is 20.3. The van der Waals surface area contributed by atoms with E-state index in [0.29, 0.717) is 29.4 Å². The number of H-pyrrole nitrogens is 1. The molecule has 0 radical (unpaired) electrons. The summed E-state index contributed by atoms with van der Waals surface area (Å²) in [5, 5.41) is 23.1. The third-order valence-electron chi connectivity index (χ3n) is 4.62. The Kier molecular flexibility index (Phi) is 4.84. The first-order chi connectivity index (χ1) is 13.1. The maximum Gasteiger partial charge on any atom is 0.388 e. The summed E-state index contributed by atoms with van der Waals surface area (Å²) in [6.45, 7) is -2.21. The number of ether oxygens (including phenoxy) is 1. The van der Waals surface area contributed by atoms with Gasteiger partial charge in [-0.3, -0.25) is 0 Å². The molecular formula is C16H19F2N7O2. The van der Waals surface area contributed by atoms with Gasteiger partial charge in [-0.1, -0.05) is 0 Å². The van der Waals surface area contributed by atoms with Crippen molar-refractivity contribution in [3.05, 3.63) is 18.5 Å². The molecule has 0 atom stereocenters. The van der Waals surface area contributed by atoms with Crippen LogP contribution in [0, 0.1) is 5.92 Å². The fraction of sp³-hybridized carbons (Fsp3) is 0.500. The minimum Gasteiger partial charge on any atom is -0.417 e. The highest BCUT2D eigenvalue weighted by atomic mass is 19.3. The van der Waals surface area contributed by atoms with Crippen LogP contribution < -0.4 is 10.1 Å². The number of aliphatic hydroxyl groups excluding tert-OH is 1. The number of nitrogens with one attached hydrogen (secondary N) is 2. The van der Waals surface area contributed by atoms with Crippen molar-refractivity contribution in [2.45, 2.75) is 44.9 Å². The Labute approximate surface area is 152 Å². The van der Waals surface area contributed by atoms with E-state index in [-0.39, 0.29) is 17.8 Å². The smallest absolute Gasteiger partial charge is 0.388 e. The second kappa shape index (κ2) is 7.43. The number of rotatable bonds is 6. The molecule has 0 saturated heterocycles. The Balaban J connectivity index is 1.49. The maximum atomic E-state index is 12.2. The number of alkyl halides is 2. The minimum atomic E-state index is -2.93. The predicted molar refractivity (Wildman–Crippen MR) is 91.8 cm³/mol. The lowest BCUT2D eigenvalue weighted by Crippen LogP contribution is -2.22. The zero-order valence-electron chi connectivity index (χ0n) is 14.3. The lowest BCUT2D eigenvalue weighted by molar-refractivity contribution is -0.0528. The highest BCUT2D eigenvalue weighted by Gasteiger charge is 2.21. The molecule has 3 aromatic rings. The first-order valence-corrected chi connectivity index (χ1v) is 8.70. The van der Waals surface area contributed by atoms with Crippen molar-refractivity contribution in [3.63, 3.8) is 0 Å². The van der Waals surface area contributed by atoms with Crippen LogP contribution in [0.25, 0.3) is 11.2 Å². The Morgan fingerprint density at radius 3 is 2.85 bits per heavy atom. The molecule has 1 fully saturated rings. The summed E-state index contributed by atoms with van der Waals surface area (Å²) in [4.78, 5) is 8.84. The SMILES string of the molecule is O[C@H]1CC[C@@H](Cn2ncc3ncc(Nc4cc(OC(F)F)[nH]n4)nc32)CC1. The van der Waals surface area contributed by atoms with E-state index in [0.717, 1.165) is 25.7 Å². The maximum absolute atomic E-state index is 12.2. The lowest BCUT2D eigenvalue weighted by Gasteiger charge is -2.25. The molecule has 9 nitrogen and oxygen atoms in total. The zero-order valence-corrected chi connectivity index (χ0v) is 14.3. The second-order valence-corrected chi connectivity index (χ2v) is 6.59. The zero-order chi connectivity index (χ0) is 18.8. The summed E-state index contributed by atoms with van der Waals surface area (Å²) in [5.41, 5.74) is 1.30. The van der Waals surface area contributed by atoms with E-state index in [1.165, 1.54) is 12.3 Å². The van der Waals surface area contributed by atoms with Crippen molar-refractivity contribution in [3.8, 4) is 5.88 Å². The first kappa shape index (κ1) is 17.6. The third-order valence-corrected chi connectivity index (χ3v) is 4.62. The van der Waals surface area contributed by atoms with Gasteiger partial charge in [0.05, 0.1) is 18.5 Å². The standard InChI is InChI=1S/C16H19F2N7O2/c17-16(18)27-14-5-12(23-24-14)21-13-7-19-11-6-20-25(15(11)22-13)8-9-1-3-10(26)4-2-9/h5-7,9-10,16,26H,1-4,8H2,(H2,21,22,23,24)/t9-,10+. The highest BCUT2D eigenvalue weighted by Crippen LogP contribution is 2.26. The fourth-order valence-electron chi connectivity index (χ4n) is 3.27. The topological polar surface area (TPSA) is 114 Å². The number of nitrogens with zero attached hydrogens (tertiary/aromatic N) is 5. The number of aromatic amines is 1. The molecule has 4 rings (SSSR count). The van der Waals surface area contributed by atoms with Crippen LogP contribution in [0.1, 0.15) is 25.7 Å². The first-order valence-electron chi connectivity index (χ1n) is 8.70. The Morgan fingerprint density at radius 2 is 2.07 bits per heavy atom. The van der Waals surface area contributed by atoms with Gasteiger partial charge in [0, 0.05) is 12.6 Å². The quantitative estimate of drug-likeness (QED) is 0.603. The summed E-state index contributed by atoms with van der Waals surface area (Å²) in [5.74, 6) is 0.992. The van der Waals surface area contributed by atoms with Crippen molar-refractivity contribution in [1.29, 1.82) is 0 Å². The monoisotopic (exact) mass is 379 g/mol. The molecule has 144 valence electrons. The molecule has 3 aromatic heterocycles. The average Bonchev–Trinajstić information content (AvgIpc) is 3.23. The molecule has 3 N–H and O–H groups in total. The number of halogens is 2. The molecule has 0 spiro atoms. The van der Waals surface area contributed by atoms with Crippen LogP contribution in [0.5, 0.6) is 5.88 Å². The van der Waals surface area contributed by atoms with Crippen LogP contribution in [0.2, 0.25) is 0 Å². The number of fused-ring (bicyclic) bond motifs is 1. The van der Waals surface area contributed by atoms with Gasteiger partial charge in [-0.25, -0.2) is 19.7 Å². The van der Waals surface area contributed by atoms with Crippen LogP contribution in [0.15, 0.2) is 18.5 Å². The average molecular weight is 379 g/mol. The van der Waals surface area contributed by atoms with Crippen LogP contribution in [-0.4, -0.2) is 47.8 Å². The van der Waals surface area contributed by atoms with Gasteiger partial charge in [0.2, 0.25) is 5.88 Å². The summed E-state index contributed by atoms with van der Waals surface area (Å²) >= 11 is 0. The Bertz CT molecular complexity index is 905. The van der Waals surface area contributed by atoms with Crippen LogP contribution >= 0.6 is 0 Å². The van der Waals surface area contributed by atoms with E-state index in [9.17, 15) is 13.9 Å². The van der Waals surface area contributed by atoms with E-state index in [2.05, 4.69) is 35.3 Å². The van der Waals surface area contributed by atoms with Crippen molar-refractivity contribution < 1.29 is 18.6 Å². The molecule has 11 heteroatoms.